The molecule has 0 spiro atoms. The number of carbonyl (C=O) groups is 1. The van der Waals surface area contributed by atoms with Gasteiger partial charge in [-0.05, 0) is 46.1 Å². The molecule has 0 saturated carbocycles. The Balaban J connectivity index is 1.71. The molecule has 1 fully saturated rings. The zero-order valence-electron chi connectivity index (χ0n) is 14.4. The van der Waals surface area contributed by atoms with Crippen molar-refractivity contribution in [3.63, 3.8) is 0 Å². The van der Waals surface area contributed by atoms with Gasteiger partial charge in [-0.2, -0.15) is 0 Å². The van der Waals surface area contributed by atoms with Crippen LogP contribution in [0.15, 0.2) is 10.6 Å². The second kappa shape index (κ2) is 6.98. The Hall–Kier alpha value is -2.44. The highest BCUT2D eigenvalue weighted by atomic mass is 16.5. The average Bonchev–Trinajstić information content (AvgIpc) is 2.92. The Morgan fingerprint density at radius 2 is 1.96 bits per heavy atom. The van der Waals surface area contributed by atoms with Gasteiger partial charge >= 0.3 is 0 Å². The number of aryl methyl sites for hydroxylation is 3. The maximum atomic E-state index is 12.3. The third-order valence-electron chi connectivity index (χ3n) is 4.22. The molecule has 7 heteroatoms. The van der Waals surface area contributed by atoms with Crippen LogP contribution >= 0.6 is 0 Å². The molecule has 0 radical (unpaired) electrons. The van der Waals surface area contributed by atoms with E-state index >= 15 is 0 Å². The van der Waals surface area contributed by atoms with Crippen LogP contribution in [-0.2, 0) is 6.54 Å². The Bertz CT molecular complexity index is 715. The standard InChI is InChI=1S/C17H23N5O2/c1-11-9-14(20-17(19-11)22-7-5-4-6-8-22)10-18-16(23)15-12(2)21-24-13(15)3/h9H,4-8,10H2,1-3H3,(H,18,23). The van der Waals surface area contributed by atoms with Crippen LogP contribution in [0.25, 0.3) is 0 Å². The molecule has 24 heavy (non-hydrogen) atoms. The molecular weight excluding hydrogens is 306 g/mol. The lowest BCUT2D eigenvalue weighted by Crippen LogP contribution is -2.32. The van der Waals surface area contributed by atoms with Gasteiger partial charge in [0, 0.05) is 18.8 Å². The number of hydrogen-bond donors (Lipinski definition) is 1. The summed E-state index contributed by atoms with van der Waals surface area (Å²) in [7, 11) is 0. The van der Waals surface area contributed by atoms with E-state index in [-0.39, 0.29) is 5.91 Å². The van der Waals surface area contributed by atoms with Gasteiger partial charge in [0.05, 0.1) is 17.9 Å². The molecule has 128 valence electrons. The minimum Gasteiger partial charge on any atom is -0.361 e. The first-order valence-corrected chi connectivity index (χ1v) is 8.35. The topological polar surface area (TPSA) is 84.2 Å². The average molecular weight is 329 g/mol. The third-order valence-corrected chi connectivity index (χ3v) is 4.22. The molecule has 2 aromatic rings. The first kappa shape index (κ1) is 16.4. The second-order valence-electron chi connectivity index (χ2n) is 6.23. The second-order valence-corrected chi connectivity index (χ2v) is 6.23. The number of hydrogen-bond acceptors (Lipinski definition) is 6. The van der Waals surface area contributed by atoms with Gasteiger partial charge in [-0.25, -0.2) is 9.97 Å². The number of anilines is 1. The summed E-state index contributed by atoms with van der Waals surface area (Å²) in [6.45, 7) is 7.79. The van der Waals surface area contributed by atoms with Crippen LogP contribution < -0.4 is 10.2 Å². The molecule has 0 aliphatic carbocycles. The summed E-state index contributed by atoms with van der Waals surface area (Å²) >= 11 is 0. The van der Waals surface area contributed by atoms with Crippen molar-refractivity contribution in [1.82, 2.24) is 20.4 Å². The van der Waals surface area contributed by atoms with Gasteiger partial charge in [0.1, 0.15) is 11.3 Å². The minimum absolute atomic E-state index is 0.193. The lowest BCUT2D eigenvalue weighted by Gasteiger charge is -2.27. The van der Waals surface area contributed by atoms with E-state index in [0.29, 0.717) is 23.6 Å². The molecule has 1 N–H and O–H groups in total. The van der Waals surface area contributed by atoms with E-state index in [1.165, 1.54) is 19.3 Å². The lowest BCUT2D eigenvalue weighted by molar-refractivity contribution is 0.0948. The van der Waals surface area contributed by atoms with Crippen molar-refractivity contribution in [2.75, 3.05) is 18.0 Å². The van der Waals surface area contributed by atoms with Crippen LogP contribution in [0.4, 0.5) is 5.95 Å². The summed E-state index contributed by atoms with van der Waals surface area (Å²) in [6, 6.07) is 1.90. The predicted octanol–water partition coefficient (Wildman–Crippen LogP) is 2.31. The molecule has 0 bridgehead atoms. The number of aromatic nitrogens is 3. The van der Waals surface area contributed by atoms with E-state index in [9.17, 15) is 4.79 Å². The van der Waals surface area contributed by atoms with Crippen LogP contribution in [0.5, 0.6) is 0 Å². The maximum absolute atomic E-state index is 12.3. The Morgan fingerprint density at radius 1 is 1.21 bits per heavy atom. The van der Waals surface area contributed by atoms with E-state index in [1.54, 1.807) is 13.8 Å². The molecule has 1 aliphatic heterocycles. The molecule has 0 atom stereocenters. The smallest absolute Gasteiger partial charge is 0.257 e. The van der Waals surface area contributed by atoms with E-state index in [2.05, 4.69) is 25.3 Å². The van der Waals surface area contributed by atoms with Crippen molar-refractivity contribution in [2.24, 2.45) is 0 Å². The first-order chi connectivity index (χ1) is 11.5. The van der Waals surface area contributed by atoms with Crippen LogP contribution in [0.2, 0.25) is 0 Å². The summed E-state index contributed by atoms with van der Waals surface area (Å²) < 4.78 is 5.04. The Morgan fingerprint density at radius 3 is 2.62 bits per heavy atom. The molecule has 2 aromatic heterocycles. The fourth-order valence-corrected chi connectivity index (χ4v) is 3.01. The fourth-order valence-electron chi connectivity index (χ4n) is 3.01. The zero-order valence-corrected chi connectivity index (χ0v) is 14.4. The van der Waals surface area contributed by atoms with Crippen molar-refractivity contribution < 1.29 is 9.32 Å². The number of carbonyl (C=O) groups excluding carboxylic acids is 1. The quantitative estimate of drug-likeness (QED) is 0.926. The number of nitrogens with zero attached hydrogens (tertiary/aromatic N) is 4. The maximum Gasteiger partial charge on any atom is 0.257 e. The normalized spacial score (nSPS) is 14.7. The largest absolute Gasteiger partial charge is 0.361 e. The van der Waals surface area contributed by atoms with Gasteiger partial charge in [0.15, 0.2) is 0 Å². The number of amides is 1. The number of piperidine rings is 1. The van der Waals surface area contributed by atoms with Gasteiger partial charge in [0.25, 0.3) is 5.91 Å². The Kier molecular flexibility index (Phi) is 4.78. The molecule has 3 heterocycles. The highest BCUT2D eigenvalue weighted by Gasteiger charge is 2.18. The molecule has 7 nitrogen and oxygen atoms in total. The molecule has 1 saturated heterocycles. The number of nitrogens with one attached hydrogen (secondary N) is 1. The summed E-state index contributed by atoms with van der Waals surface area (Å²) in [5.41, 5.74) is 2.81. The number of rotatable bonds is 4. The summed E-state index contributed by atoms with van der Waals surface area (Å²) in [5, 5.41) is 6.71. The van der Waals surface area contributed by atoms with E-state index in [1.807, 2.05) is 13.0 Å². The van der Waals surface area contributed by atoms with E-state index < -0.39 is 0 Å². The molecule has 0 unspecified atom stereocenters. The summed E-state index contributed by atoms with van der Waals surface area (Å²) in [4.78, 5) is 23.7. The highest BCUT2D eigenvalue weighted by molar-refractivity contribution is 5.95. The van der Waals surface area contributed by atoms with Crippen molar-refractivity contribution >= 4 is 11.9 Å². The summed E-state index contributed by atoms with van der Waals surface area (Å²) in [5.74, 6) is 1.09. The first-order valence-electron chi connectivity index (χ1n) is 8.35. The van der Waals surface area contributed by atoms with Crippen molar-refractivity contribution in [2.45, 2.75) is 46.6 Å². The molecule has 3 rings (SSSR count). The van der Waals surface area contributed by atoms with Crippen molar-refractivity contribution in [3.8, 4) is 0 Å². The van der Waals surface area contributed by atoms with Crippen LogP contribution in [-0.4, -0.2) is 34.1 Å². The third kappa shape index (κ3) is 3.55. The SMILES string of the molecule is Cc1cc(CNC(=O)c2c(C)noc2C)nc(N2CCCCC2)n1. The molecule has 0 aromatic carbocycles. The van der Waals surface area contributed by atoms with E-state index in [4.69, 9.17) is 4.52 Å². The van der Waals surface area contributed by atoms with Crippen LogP contribution in [0.1, 0.15) is 52.5 Å². The molecule has 1 aliphatic rings. The van der Waals surface area contributed by atoms with E-state index in [0.717, 1.165) is 30.4 Å². The van der Waals surface area contributed by atoms with Crippen molar-refractivity contribution in [3.05, 3.63) is 34.5 Å². The van der Waals surface area contributed by atoms with Gasteiger partial charge in [-0.15, -0.1) is 0 Å². The van der Waals surface area contributed by atoms with Gasteiger partial charge < -0.3 is 14.7 Å². The van der Waals surface area contributed by atoms with Crippen molar-refractivity contribution in [1.29, 1.82) is 0 Å². The fraction of sp³-hybridized carbons (Fsp3) is 0.529. The van der Waals surface area contributed by atoms with Crippen LogP contribution in [0.3, 0.4) is 0 Å². The summed E-state index contributed by atoms with van der Waals surface area (Å²) in [6.07, 6.45) is 3.62. The molecular formula is C17H23N5O2. The molecule has 1 amide bonds. The predicted molar refractivity (Wildman–Crippen MR) is 90.0 cm³/mol. The lowest BCUT2D eigenvalue weighted by atomic mass is 10.1. The monoisotopic (exact) mass is 329 g/mol. The van der Waals surface area contributed by atoms with Gasteiger partial charge in [-0.1, -0.05) is 5.16 Å². The van der Waals surface area contributed by atoms with Gasteiger partial charge in [-0.3, -0.25) is 4.79 Å². The Labute approximate surface area is 141 Å². The minimum atomic E-state index is -0.193. The highest BCUT2D eigenvalue weighted by Crippen LogP contribution is 2.17. The zero-order chi connectivity index (χ0) is 17.1. The van der Waals surface area contributed by atoms with Gasteiger partial charge in [0.2, 0.25) is 5.95 Å². The van der Waals surface area contributed by atoms with Crippen LogP contribution in [0, 0.1) is 20.8 Å².